The van der Waals surface area contributed by atoms with E-state index in [9.17, 15) is 12.8 Å². The van der Waals surface area contributed by atoms with Crippen molar-refractivity contribution in [1.29, 1.82) is 0 Å². The predicted octanol–water partition coefficient (Wildman–Crippen LogP) is 3.63. The predicted molar refractivity (Wildman–Crippen MR) is 98.8 cm³/mol. The first-order valence-electron chi connectivity index (χ1n) is 7.43. The zero-order valence-corrected chi connectivity index (χ0v) is 15.1. The van der Waals surface area contributed by atoms with E-state index in [0.29, 0.717) is 11.4 Å². The van der Waals surface area contributed by atoms with Crippen LogP contribution in [-0.2, 0) is 10.0 Å². The molecule has 0 saturated heterocycles. The van der Waals surface area contributed by atoms with E-state index in [1.54, 1.807) is 18.3 Å². The van der Waals surface area contributed by atoms with E-state index >= 15 is 0 Å². The van der Waals surface area contributed by atoms with Crippen LogP contribution < -0.4 is 10.5 Å². The zero-order chi connectivity index (χ0) is 18.9. The molecule has 0 amide bonds. The number of nitrogen functional groups attached to an aromatic ring is 1. The Morgan fingerprint density at radius 1 is 1.12 bits per heavy atom. The van der Waals surface area contributed by atoms with Crippen LogP contribution in [0.2, 0.25) is 5.02 Å². The summed E-state index contributed by atoms with van der Waals surface area (Å²) in [6.07, 6.45) is 2.48. The first-order chi connectivity index (χ1) is 12.3. The number of aromatic nitrogens is 2. The van der Waals surface area contributed by atoms with Gasteiger partial charge in [0.15, 0.2) is 0 Å². The Morgan fingerprint density at radius 3 is 2.54 bits per heavy atom. The van der Waals surface area contributed by atoms with Crippen molar-refractivity contribution in [3.8, 4) is 11.1 Å². The fraction of sp³-hybridized carbons (Fsp3) is 0.0588. The van der Waals surface area contributed by atoms with E-state index in [4.69, 9.17) is 17.3 Å². The maximum Gasteiger partial charge on any atom is 0.264 e. The van der Waals surface area contributed by atoms with Gasteiger partial charge in [-0.05, 0) is 48.4 Å². The summed E-state index contributed by atoms with van der Waals surface area (Å²) in [5.41, 5.74) is 7.84. The molecule has 0 fully saturated rings. The van der Waals surface area contributed by atoms with E-state index in [-0.39, 0.29) is 15.7 Å². The van der Waals surface area contributed by atoms with E-state index in [0.717, 1.165) is 23.4 Å². The van der Waals surface area contributed by atoms with Crippen LogP contribution in [0.4, 0.5) is 16.0 Å². The molecule has 2 aromatic heterocycles. The summed E-state index contributed by atoms with van der Waals surface area (Å²) in [5.74, 6) is -0.213. The molecule has 0 aliphatic heterocycles. The van der Waals surface area contributed by atoms with E-state index in [1.807, 2.05) is 6.92 Å². The molecular formula is C17H14ClFN4O2S. The Bertz CT molecular complexity index is 1070. The monoisotopic (exact) mass is 392 g/mol. The van der Waals surface area contributed by atoms with Crippen molar-refractivity contribution in [2.75, 3.05) is 10.5 Å². The van der Waals surface area contributed by atoms with Crippen LogP contribution in [-0.4, -0.2) is 18.4 Å². The molecule has 0 unspecified atom stereocenters. The SMILES string of the molecule is Cc1cc(N)ncc1-c1ccc(Cl)c(S(=O)(=O)Nc2ccc(F)cn2)c1. The first-order valence-corrected chi connectivity index (χ1v) is 9.29. The average Bonchev–Trinajstić information content (AvgIpc) is 2.57. The number of anilines is 2. The van der Waals surface area contributed by atoms with Crippen molar-refractivity contribution in [2.45, 2.75) is 11.8 Å². The minimum absolute atomic E-state index is 0.0156. The highest BCUT2D eigenvalue weighted by molar-refractivity contribution is 7.92. The number of pyridine rings is 2. The molecule has 0 bridgehead atoms. The van der Waals surface area contributed by atoms with Gasteiger partial charge in [-0.2, -0.15) is 0 Å². The van der Waals surface area contributed by atoms with Gasteiger partial charge in [0, 0.05) is 11.8 Å². The fourth-order valence-electron chi connectivity index (χ4n) is 2.39. The lowest BCUT2D eigenvalue weighted by molar-refractivity contribution is 0.600. The Hall–Kier alpha value is -2.71. The highest BCUT2D eigenvalue weighted by Gasteiger charge is 2.20. The molecule has 0 spiro atoms. The van der Waals surface area contributed by atoms with Gasteiger partial charge in [0.2, 0.25) is 0 Å². The highest BCUT2D eigenvalue weighted by Crippen LogP contribution is 2.31. The molecule has 0 aliphatic carbocycles. The topological polar surface area (TPSA) is 98.0 Å². The average molecular weight is 393 g/mol. The number of aryl methyl sites for hydroxylation is 1. The van der Waals surface area contributed by atoms with Crippen molar-refractivity contribution < 1.29 is 12.8 Å². The van der Waals surface area contributed by atoms with E-state index < -0.39 is 15.8 Å². The first kappa shape index (κ1) is 18.1. The van der Waals surface area contributed by atoms with Gasteiger partial charge in [0.1, 0.15) is 22.3 Å². The van der Waals surface area contributed by atoms with Crippen LogP contribution in [0.25, 0.3) is 11.1 Å². The standard InChI is InChI=1S/C17H14ClFN4O2S/c1-10-6-16(20)21-9-13(10)11-2-4-14(18)15(7-11)26(24,25)23-17-5-3-12(19)8-22-17/h2-9H,1H3,(H2,20,21)(H,22,23). The van der Waals surface area contributed by atoms with Gasteiger partial charge in [0.05, 0.1) is 11.2 Å². The summed E-state index contributed by atoms with van der Waals surface area (Å²) in [4.78, 5) is 7.61. The molecule has 26 heavy (non-hydrogen) atoms. The van der Waals surface area contributed by atoms with Crippen LogP contribution in [0, 0.1) is 12.7 Å². The van der Waals surface area contributed by atoms with Gasteiger partial charge in [-0.1, -0.05) is 17.7 Å². The maximum absolute atomic E-state index is 12.9. The molecule has 3 aromatic rings. The molecule has 0 atom stereocenters. The van der Waals surface area contributed by atoms with Crippen LogP contribution >= 0.6 is 11.6 Å². The smallest absolute Gasteiger partial charge is 0.264 e. The summed E-state index contributed by atoms with van der Waals surface area (Å²) in [6.45, 7) is 1.84. The second-order valence-corrected chi connectivity index (χ2v) is 7.59. The molecule has 3 N–H and O–H groups in total. The van der Waals surface area contributed by atoms with E-state index in [2.05, 4.69) is 14.7 Å². The Balaban J connectivity index is 2.02. The van der Waals surface area contributed by atoms with Crippen LogP contribution in [0.5, 0.6) is 0 Å². The second-order valence-electron chi connectivity index (χ2n) is 5.54. The lowest BCUT2D eigenvalue weighted by atomic mass is 10.0. The third kappa shape index (κ3) is 3.76. The number of halogens is 2. The number of rotatable bonds is 4. The summed E-state index contributed by atoms with van der Waals surface area (Å²) < 4.78 is 40.5. The van der Waals surface area contributed by atoms with Crippen molar-refractivity contribution in [2.24, 2.45) is 0 Å². The number of benzene rings is 1. The third-order valence-corrected chi connectivity index (χ3v) is 5.47. The number of sulfonamides is 1. The van der Waals surface area contributed by atoms with Gasteiger partial charge in [-0.15, -0.1) is 0 Å². The van der Waals surface area contributed by atoms with Crippen LogP contribution in [0.3, 0.4) is 0 Å². The quantitative estimate of drug-likeness (QED) is 0.706. The largest absolute Gasteiger partial charge is 0.384 e. The van der Waals surface area contributed by atoms with Crippen LogP contribution in [0.1, 0.15) is 5.56 Å². The normalized spacial score (nSPS) is 11.3. The lowest BCUT2D eigenvalue weighted by Crippen LogP contribution is -2.14. The van der Waals surface area contributed by atoms with E-state index in [1.165, 1.54) is 18.2 Å². The number of hydrogen-bond acceptors (Lipinski definition) is 5. The summed E-state index contributed by atoms with van der Waals surface area (Å²) in [5, 5.41) is 0.0458. The number of nitrogens with one attached hydrogen (secondary N) is 1. The molecule has 6 nitrogen and oxygen atoms in total. The highest BCUT2D eigenvalue weighted by atomic mass is 35.5. The fourth-order valence-corrected chi connectivity index (χ4v) is 3.92. The van der Waals surface area contributed by atoms with Gasteiger partial charge in [-0.3, -0.25) is 4.72 Å². The van der Waals surface area contributed by atoms with Crippen molar-refractivity contribution in [1.82, 2.24) is 9.97 Å². The number of nitrogens with zero attached hydrogens (tertiary/aromatic N) is 2. The van der Waals surface area contributed by atoms with Gasteiger partial charge in [-0.25, -0.2) is 22.8 Å². The van der Waals surface area contributed by atoms with Gasteiger partial charge >= 0.3 is 0 Å². The summed E-state index contributed by atoms with van der Waals surface area (Å²) >= 11 is 6.09. The molecule has 1 aromatic carbocycles. The molecular weight excluding hydrogens is 379 g/mol. The molecule has 0 radical (unpaired) electrons. The van der Waals surface area contributed by atoms with Gasteiger partial charge < -0.3 is 5.73 Å². The maximum atomic E-state index is 12.9. The molecule has 2 heterocycles. The Labute approximate surface area is 154 Å². The van der Waals surface area contributed by atoms with Crippen molar-refractivity contribution in [3.05, 3.63) is 65.2 Å². The summed E-state index contributed by atoms with van der Waals surface area (Å²) in [7, 11) is -4.02. The lowest BCUT2D eigenvalue weighted by Gasteiger charge is -2.12. The Morgan fingerprint density at radius 2 is 1.88 bits per heavy atom. The number of hydrogen-bond donors (Lipinski definition) is 2. The molecule has 0 aliphatic rings. The second kappa shape index (κ2) is 6.89. The minimum Gasteiger partial charge on any atom is -0.384 e. The summed E-state index contributed by atoms with van der Waals surface area (Å²) in [6, 6.07) is 8.63. The number of nitrogens with two attached hydrogens (primary N) is 1. The Kier molecular flexibility index (Phi) is 4.80. The molecule has 0 saturated carbocycles. The minimum atomic E-state index is -4.02. The molecule has 134 valence electrons. The van der Waals surface area contributed by atoms with Crippen molar-refractivity contribution >= 4 is 33.3 Å². The van der Waals surface area contributed by atoms with Gasteiger partial charge in [0.25, 0.3) is 10.0 Å². The third-order valence-electron chi connectivity index (χ3n) is 3.63. The van der Waals surface area contributed by atoms with Crippen LogP contribution in [0.15, 0.2) is 53.7 Å². The zero-order valence-electron chi connectivity index (χ0n) is 13.6. The molecule has 3 rings (SSSR count). The molecule has 9 heteroatoms. The van der Waals surface area contributed by atoms with Crippen molar-refractivity contribution in [3.63, 3.8) is 0 Å².